The van der Waals surface area contributed by atoms with Crippen molar-refractivity contribution >= 4 is 0 Å². The molecule has 0 unspecified atom stereocenters. The second kappa shape index (κ2) is 3.67. The highest BCUT2D eigenvalue weighted by atomic mass is 15.1. The van der Waals surface area contributed by atoms with Gasteiger partial charge in [-0.2, -0.15) is 15.5 Å². The fourth-order valence-electron chi connectivity index (χ4n) is 0.884. The van der Waals surface area contributed by atoms with Gasteiger partial charge < -0.3 is 0 Å². The predicted octanol–water partition coefficient (Wildman–Crippen LogP) is 1.30. The van der Waals surface area contributed by atoms with E-state index >= 15 is 0 Å². The summed E-state index contributed by atoms with van der Waals surface area (Å²) in [6.45, 7) is 2.05. The molecule has 0 saturated carbocycles. The van der Waals surface area contributed by atoms with Crippen molar-refractivity contribution in [3.8, 4) is 6.07 Å². The van der Waals surface area contributed by atoms with Crippen LogP contribution in [-0.4, -0.2) is 10.2 Å². The van der Waals surface area contributed by atoms with Crippen LogP contribution in [0, 0.1) is 11.3 Å². The molecule has 0 bridgehead atoms. The van der Waals surface area contributed by atoms with Crippen molar-refractivity contribution in [3.63, 3.8) is 0 Å². The summed E-state index contributed by atoms with van der Waals surface area (Å²) in [6, 6.07) is 3.77. The number of rotatable bonds is 2. The standard InChI is InChI=1S/C8H9N3/c1-2-3-8-7(6-9)4-5-10-11-8/h4-5H,2-3H2,1H3. The van der Waals surface area contributed by atoms with Gasteiger partial charge in [0.2, 0.25) is 0 Å². The second-order valence-electron chi connectivity index (χ2n) is 2.25. The van der Waals surface area contributed by atoms with Crippen LogP contribution < -0.4 is 0 Å². The van der Waals surface area contributed by atoms with Crippen molar-refractivity contribution in [2.24, 2.45) is 0 Å². The molecule has 0 fully saturated rings. The topological polar surface area (TPSA) is 49.6 Å². The van der Waals surface area contributed by atoms with E-state index in [9.17, 15) is 0 Å². The molecule has 3 heteroatoms. The van der Waals surface area contributed by atoms with Gasteiger partial charge in [0, 0.05) is 0 Å². The van der Waals surface area contributed by atoms with Gasteiger partial charge in [-0.05, 0) is 12.5 Å². The van der Waals surface area contributed by atoms with Crippen molar-refractivity contribution in [3.05, 3.63) is 23.5 Å². The molecule has 0 spiro atoms. The molecule has 0 aliphatic rings. The quantitative estimate of drug-likeness (QED) is 0.633. The first-order chi connectivity index (χ1) is 5.38. The number of hydrogen-bond acceptors (Lipinski definition) is 3. The number of aryl methyl sites for hydroxylation is 1. The van der Waals surface area contributed by atoms with Crippen molar-refractivity contribution < 1.29 is 0 Å². The summed E-state index contributed by atoms with van der Waals surface area (Å²) in [6.07, 6.45) is 3.36. The van der Waals surface area contributed by atoms with Gasteiger partial charge in [0.25, 0.3) is 0 Å². The van der Waals surface area contributed by atoms with Crippen LogP contribution in [0.5, 0.6) is 0 Å². The van der Waals surface area contributed by atoms with Crippen LogP contribution in [0.3, 0.4) is 0 Å². The molecule has 0 aromatic carbocycles. The normalized spacial score (nSPS) is 9.09. The van der Waals surface area contributed by atoms with Gasteiger partial charge in [-0.1, -0.05) is 13.3 Å². The first kappa shape index (κ1) is 7.67. The molecule has 0 N–H and O–H groups in total. The Kier molecular flexibility index (Phi) is 2.56. The lowest BCUT2D eigenvalue weighted by atomic mass is 10.1. The second-order valence-corrected chi connectivity index (χ2v) is 2.25. The van der Waals surface area contributed by atoms with Gasteiger partial charge in [-0.3, -0.25) is 0 Å². The summed E-state index contributed by atoms with van der Waals surface area (Å²) in [5.74, 6) is 0. The monoisotopic (exact) mass is 147 g/mol. The number of nitriles is 1. The largest absolute Gasteiger partial charge is 0.192 e. The van der Waals surface area contributed by atoms with Crippen LogP contribution in [0.1, 0.15) is 24.6 Å². The van der Waals surface area contributed by atoms with E-state index in [1.165, 1.54) is 6.20 Å². The van der Waals surface area contributed by atoms with E-state index in [2.05, 4.69) is 23.2 Å². The van der Waals surface area contributed by atoms with E-state index in [-0.39, 0.29) is 0 Å². The minimum absolute atomic E-state index is 0.641. The Morgan fingerprint density at radius 2 is 2.45 bits per heavy atom. The summed E-state index contributed by atoms with van der Waals surface area (Å²) in [5.41, 5.74) is 1.44. The van der Waals surface area contributed by atoms with Crippen molar-refractivity contribution in [2.75, 3.05) is 0 Å². The minimum atomic E-state index is 0.641. The Balaban J connectivity index is 2.95. The number of hydrogen-bond donors (Lipinski definition) is 0. The van der Waals surface area contributed by atoms with Crippen molar-refractivity contribution in [1.29, 1.82) is 5.26 Å². The zero-order chi connectivity index (χ0) is 8.10. The molecule has 3 nitrogen and oxygen atoms in total. The highest BCUT2D eigenvalue weighted by Gasteiger charge is 2.00. The van der Waals surface area contributed by atoms with Gasteiger partial charge in [0.05, 0.1) is 17.5 Å². The fourth-order valence-corrected chi connectivity index (χ4v) is 0.884. The van der Waals surface area contributed by atoms with Gasteiger partial charge in [-0.15, -0.1) is 0 Å². The third-order valence-electron chi connectivity index (χ3n) is 1.40. The molecule has 0 atom stereocenters. The molecule has 11 heavy (non-hydrogen) atoms. The van der Waals surface area contributed by atoms with Crippen molar-refractivity contribution in [1.82, 2.24) is 10.2 Å². The lowest BCUT2D eigenvalue weighted by molar-refractivity contribution is 0.833. The zero-order valence-electron chi connectivity index (χ0n) is 6.41. The van der Waals surface area contributed by atoms with E-state index in [4.69, 9.17) is 5.26 Å². The molecule has 0 radical (unpaired) electrons. The molecule has 0 aliphatic heterocycles. The number of aromatic nitrogens is 2. The summed E-state index contributed by atoms with van der Waals surface area (Å²) in [4.78, 5) is 0. The van der Waals surface area contributed by atoms with Gasteiger partial charge >= 0.3 is 0 Å². The third kappa shape index (κ3) is 1.74. The Hall–Kier alpha value is -1.43. The number of nitrogens with zero attached hydrogens (tertiary/aromatic N) is 3. The van der Waals surface area contributed by atoms with Gasteiger partial charge in [0.15, 0.2) is 0 Å². The van der Waals surface area contributed by atoms with Gasteiger partial charge in [-0.25, -0.2) is 0 Å². The molecular weight excluding hydrogens is 138 g/mol. The first-order valence-corrected chi connectivity index (χ1v) is 3.59. The molecule has 1 heterocycles. The average molecular weight is 147 g/mol. The molecule has 0 amide bonds. The SMILES string of the molecule is CCCc1nnccc1C#N. The molecule has 0 saturated heterocycles. The zero-order valence-corrected chi connectivity index (χ0v) is 6.41. The summed E-state index contributed by atoms with van der Waals surface area (Å²) in [5, 5.41) is 16.2. The van der Waals surface area contributed by atoms with Crippen LogP contribution in [0.4, 0.5) is 0 Å². The van der Waals surface area contributed by atoms with Crippen LogP contribution in [-0.2, 0) is 6.42 Å². The lowest BCUT2D eigenvalue weighted by Gasteiger charge is -1.96. The van der Waals surface area contributed by atoms with E-state index < -0.39 is 0 Å². The third-order valence-corrected chi connectivity index (χ3v) is 1.40. The van der Waals surface area contributed by atoms with Crippen LogP contribution >= 0.6 is 0 Å². The van der Waals surface area contributed by atoms with E-state index in [1.54, 1.807) is 6.07 Å². The minimum Gasteiger partial charge on any atom is -0.192 e. The average Bonchev–Trinajstić information content (AvgIpc) is 2.06. The molecule has 1 aromatic rings. The molecule has 1 aromatic heterocycles. The summed E-state index contributed by atoms with van der Waals surface area (Å²) >= 11 is 0. The molecule has 0 aliphatic carbocycles. The van der Waals surface area contributed by atoms with Crippen LogP contribution in [0.15, 0.2) is 12.3 Å². The fraction of sp³-hybridized carbons (Fsp3) is 0.375. The Labute approximate surface area is 65.7 Å². The van der Waals surface area contributed by atoms with Crippen molar-refractivity contribution in [2.45, 2.75) is 19.8 Å². The Morgan fingerprint density at radius 3 is 3.09 bits per heavy atom. The molecule has 56 valence electrons. The first-order valence-electron chi connectivity index (χ1n) is 3.59. The Morgan fingerprint density at radius 1 is 1.64 bits per heavy atom. The van der Waals surface area contributed by atoms with E-state index in [0.717, 1.165) is 18.5 Å². The maximum Gasteiger partial charge on any atom is 0.101 e. The highest BCUT2D eigenvalue weighted by molar-refractivity contribution is 5.30. The van der Waals surface area contributed by atoms with Crippen LogP contribution in [0.2, 0.25) is 0 Å². The highest BCUT2D eigenvalue weighted by Crippen LogP contribution is 2.03. The predicted molar refractivity (Wildman–Crippen MR) is 40.7 cm³/mol. The Bertz CT molecular complexity index is 275. The molecular formula is C8H9N3. The lowest BCUT2D eigenvalue weighted by Crippen LogP contribution is -1.95. The summed E-state index contributed by atoms with van der Waals surface area (Å²) in [7, 11) is 0. The summed E-state index contributed by atoms with van der Waals surface area (Å²) < 4.78 is 0. The maximum absolute atomic E-state index is 8.63. The van der Waals surface area contributed by atoms with Gasteiger partial charge in [0.1, 0.15) is 6.07 Å². The van der Waals surface area contributed by atoms with Crippen LogP contribution in [0.25, 0.3) is 0 Å². The smallest absolute Gasteiger partial charge is 0.101 e. The molecule has 1 rings (SSSR count). The van der Waals surface area contributed by atoms with E-state index in [1.807, 2.05) is 0 Å². The van der Waals surface area contributed by atoms with E-state index in [0.29, 0.717) is 5.56 Å². The maximum atomic E-state index is 8.63.